The average molecular weight is 482 g/mol. The topological polar surface area (TPSA) is 120 Å². The summed E-state index contributed by atoms with van der Waals surface area (Å²) in [6.07, 6.45) is 1.44. The lowest BCUT2D eigenvalue weighted by molar-refractivity contribution is -0.113. The number of fused-ring (bicyclic) bond motifs is 1. The van der Waals surface area contributed by atoms with E-state index in [1.54, 1.807) is 42.5 Å². The Kier molecular flexibility index (Phi) is 7.02. The predicted molar refractivity (Wildman–Crippen MR) is 130 cm³/mol. The maximum atomic E-state index is 13.2. The minimum absolute atomic E-state index is 0.0165. The van der Waals surface area contributed by atoms with Crippen LogP contribution in [0.4, 0.5) is 5.69 Å². The summed E-state index contributed by atoms with van der Waals surface area (Å²) in [7, 11) is 3.07. The second-order valence-electron chi connectivity index (χ2n) is 7.03. The number of aromatic amines is 1. The van der Waals surface area contributed by atoms with Gasteiger partial charge in [-0.3, -0.25) is 19.3 Å². The van der Waals surface area contributed by atoms with E-state index in [-0.39, 0.29) is 17.2 Å². The molecule has 4 rings (SSSR count). The van der Waals surface area contributed by atoms with Gasteiger partial charge >= 0.3 is 0 Å². The van der Waals surface area contributed by atoms with E-state index in [4.69, 9.17) is 14.2 Å². The van der Waals surface area contributed by atoms with Crippen molar-refractivity contribution in [3.63, 3.8) is 0 Å². The standard InChI is InChI=1S/C23H23N5O5S/c1-4-33-16-7-5-15(6-8-16)28-22(30)19-12-24-27-21(19)26-23(28)34-13-20(29)25-14-9-17(31-2)11-18(10-14)32-3/h5-12H,4,13H2,1-3H3,(H,24,27)(H,25,29). The van der Waals surface area contributed by atoms with Crippen LogP contribution >= 0.6 is 11.8 Å². The molecule has 10 nitrogen and oxygen atoms in total. The zero-order valence-corrected chi connectivity index (χ0v) is 19.6. The Hall–Kier alpha value is -3.99. The van der Waals surface area contributed by atoms with Gasteiger partial charge in [0.15, 0.2) is 10.8 Å². The van der Waals surface area contributed by atoms with Crippen molar-refractivity contribution >= 4 is 34.4 Å². The molecular formula is C23H23N5O5S. The first kappa shape index (κ1) is 23.2. The number of thioether (sulfide) groups is 1. The summed E-state index contributed by atoms with van der Waals surface area (Å²) >= 11 is 1.13. The van der Waals surface area contributed by atoms with Crippen LogP contribution in [0.25, 0.3) is 16.7 Å². The molecule has 0 atom stereocenters. The van der Waals surface area contributed by atoms with Gasteiger partial charge in [0.1, 0.15) is 22.6 Å². The Balaban J connectivity index is 1.60. The lowest BCUT2D eigenvalue weighted by Gasteiger charge is -2.13. The molecule has 0 saturated heterocycles. The van der Waals surface area contributed by atoms with Crippen LogP contribution in [-0.2, 0) is 4.79 Å². The molecule has 0 aliphatic rings. The van der Waals surface area contributed by atoms with E-state index in [9.17, 15) is 9.59 Å². The van der Waals surface area contributed by atoms with Crippen molar-refractivity contribution in [3.05, 3.63) is 59.0 Å². The quantitative estimate of drug-likeness (QED) is 0.276. The normalized spacial score (nSPS) is 10.8. The van der Waals surface area contributed by atoms with Gasteiger partial charge in [-0.25, -0.2) is 4.98 Å². The lowest BCUT2D eigenvalue weighted by atomic mass is 10.2. The number of H-pyrrole nitrogens is 1. The number of ether oxygens (including phenoxy) is 3. The smallest absolute Gasteiger partial charge is 0.269 e. The second kappa shape index (κ2) is 10.3. The molecule has 0 saturated carbocycles. The number of hydrogen-bond acceptors (Lipinski definition) is 8. The fourth-order valence-corrected chi connectivity index (χ4v) is 4.07. The molecule has 0 unspecified atom stereocenters. The van der Waals surface area contributed by atoms with Crippen LogP contribution in [0, 0.1) is 0 Å². The van der Waals surface area contributed by atoms with E-state index < -0.39 is 0 Å². The molecule has 0 spiro atoms. The van der Waals surface area contributed by atoms with Crippen LogP contribution in [0.1, 0.15) is 6.92 Å². The van der Waals surface area contributed by atoms with Crippen LogP contribution in [0.3, 0.4) is 0 Å². The largest absolute Gasteiger partial charge is 0.497 e. The summed E-state index contributed by atoms with van der Waals surface area (Å²) in [6, 6.07) is 12.2. The van der Waals surface area contributed by atoms with Gasteiger partial charge in [0.25, 0.3) is 5.56 Å². The number of anilines is 1. The first-order valence-electron chi connectivity index (χ1n) is 10.4. The Morgan fingerprint density at radius 1 is 1.09 bits per heavy atom. The molecule has 4 aromatic rings. The lowest BCUT2D eigenvalue weighted by Crippen LogP contribution is -2.22. The van der Waals surface area contributed by atoms with Gasteiger partial charge < -0.3 is 19.5 Å². The number of nitrogens with one attached hydrogen (secondary N) is 2. The number of hydrogen-bond donors (Lipinski definition) is 2. The van der Waals surface area contributed by atoms with E-state index in [0.717, 1.165) is 11.8 Å². The molecular weight excluding hydrogens is 458 g/mol. The zero-order valence-electron chi connectivity index (χ0n) is 18.8. The highest BCUT2D eigenvalue weighted by molar-refractivity contribution is 7.99. The number of nitrogens with zero attached hydrogens (tertiary/aromatic N) is 3. The zero-order chi connectivity index (χ0) is 24.1. The summed E-state index contributed by atoms with van der Waals surface area (Å²) < 4.78 is 17.4. The van der Waals surface area contributed by atoms with Crippen molar-refractivity contribution in [1.82, 2.24) is 19.7 Å². The second-order valence-corrected chi connectivity index (χ2v) is 7.97. The van der Waals surface area contributed by atoms with Crippen molar-refractivity contribution in [2.45, 2.75) is 12.1 Å². The number of rotatable bonds is 9. The number of carbonyl (C=O) groups excluding carboxylic acids is 1. The SMILES string of the molecule is CCOc1ccc(-n2c(SCC(=O)Nc3cc(OC)cc(OC)c3)nc3[nH]ncc3c2=O)cc1. The fraction of sp³-hybridized carbons (Fsp3) is 0.217. The van der Waals surface area contributed by atoms with E-state index in [2.05, 4.69) is 20.5 Å². The highest BCUT2D eigenvalue weighted by atomic mass is 32.2. The van der Waals surface area contributed by atoms with E-state index >= 15 is 0 Å². The number of aromatic nitrogens is 4. The summed E-state index contributed by atoms with van der Waals surface area (Å²) in [5.74, 6) is 1.54. The van der Waals surface area contributed by atoms with E-state index in [1.807, 2.05) is 6.92 Å². The minimum Gasteiger partial charge on any atom is -0.497 e. The predicted octanol–water partition coefficient (Wildman–Crippen LogP) is 3.26. The molecule has 0 fully saturated rings. The average Bonchev–Trinajstić information content (AvgIpc) is 3.32. The van der Waals surface area contributed by atoms with Crippen molar-refractivity contribution < 1.29 is 19.0 Å². The van der Waals surface area contributed by atoms with Crippen molar-refractivity contribution in [1.29, 1.82) is 0 Å². The molecule has 11 heteroatoms. The van der Waals surface area contributed by atoms with Crippen molar-refractivity contribution in [2.24, 2.45) is 0 Å². The molecule has 2 aromatic carbocycles. The summed E-state index contributed by atoms with van der Waals surface area (Å²) in [5, 5.41) is 10.2. The van der Waals surface area contributed by atoms with Gasteiger partial charge in [-0.05, 0) is 31.2 Å². The molecule has 0 aliphatic heterocycles. The maximum absolute atomic E-state index is 13.2. The van der Waals surface area contributed by atoms with Crippen LogP contribution < -0.4 is 25.1 Å². The Morgan fingerprint density at radius 3 is 2.44 bits per heavy atom. The first-order chi connectivity index (χ1) is 16.5. The maximum Gasteiger partial charge on any atom is 0.269 e. The molecule has 2 N–H and O–H groups in total. The van der Waals surface area contributed by atoms with Crippen LogP contribution in [0.15, 0.2) is 58.6 Å². The highest BCUT2D eigenvalue weighted by Gasteiger charge is 2.16. The van der Waals surface area contributed by atoms with Gasteiger partial charge in [-0.1, -0.05) is 11.8 Å². The van der Waals surface area contributed by atoms with Crippen molar-refractivity contribution in [3.8, 4) is 22.9 Å². The fourth-order valence-electron chi connectivity index (χ4n) is 3.26. The first-order valence-corrected chi connectivity index (χ1v) is 11.4. The molecule has 0 aliphatic carbocycles. The Morgan fingerprint density at radius 2 is 1.79 bits per heavy atom. The molecule has 2 heterocycles. The molecule has 1 amide bonds. The molecule has 0 bridgehead atoms. The van der Waals surface area contributed by atoms with E-state index in [0.29, 0.717) is 51.4 Å². The minimum atomic E-state index is -0.289. The van der Waals surface area contributed by atoms with Crippen LogP contribution in [0.2, 0.25) is 0 Å². The molecule has 34 heavy (non-hydrogen) atoms. The van der Waals surface area contributed by atoms with E-state index in [1.165, 1.54) is 25.0 Å². The van der Waals surface area contributed by atoms with Crippen LogP contribution in [-0.4, -0.2) is 52.2 Å². The third-order valence-electron chi connectivity index (χ3n) is 4.82. The van der Waals surface area contributed by atoms with Gasteiger partial charge in [-0.15, -0.1) is 0 Å². The molecule has 176 valence electrons. The Bertz CT molecular complexity index is 1340. The summed E-state index contributed by atoms with van der Waals surface area (Å²) in [6.45, 7) is 2.44. The van der Waals surface area contributed by atoms with Crippen molar-refractivity contribution in [2.75, 3.05) is 31.9 Å². The Labute approximate surface area is 199 Å². The van der Waals surface area contributed by atoms with Crippen LogP contribution in [0.5, 0.6) is 17.2 Å². The van der Waals surface area contributed by atoms with Gasteiger partial charge in [-0.2, -0.15) is 5.10 Å². The monoisotopic (exact) mass is 481 g/mol. The van der Waals surface area contributed by atoms with Gasteiger partial charge in [0.05, 0.1) is 38.5 Å². The van der Waals surface area contributed by atoms with Gasteiger partial charge in [0, 0.05) is 23.9 Å². The molecule has 0 radical (unpaired) electrons. The number of carbonyl (C=O) groups is 1. The molecule has 2 aromatic heterocycles. The number of amides is 1. The highest BCUT2D eigenvalue weighted by Crippen LogP contribution is 2.27. The third kappa shape index (κ3) is 4.99. The third-order valence-corrected chi connectivity index (χ3v) is 5.76. The summed E-state index contributed by atoms with van der Waals surface area (Å²) in [5.41, 5.74) is 1.20. The number of methoxy groups -OCH3 is 2. The number of benzene rings is 2. The summed E-state index contributed by atoms with van der Waals surface area (Å²) in [4.78, 5) is 30.4. The van der Waals surface area contributed by atoms with Gasteiger partial charge in [0.2, 0.25) is 5.91 Å².